The lowest BCUT2D eigenvalue weighted by Gasteiger charge is -2.37. The maximum Gasteiger partial charge on any atom is 0.407 e. The van der Waals surface area contributed by atoms with Crippen molar-refractivity contribution in [2.45, 2.75) is 66.8 Å². The number of alkyl carbamates (subject to hydrolysis) is 3. The predicted octanol–water partition coefficient (Wildman–Crippen LogP) is 12.5. The topological polar surface area (TPSA) is 363 Å². The first kappa shape index (κ1) is 81.5. The molecule has 1 saturated heterocycles. The number of amides is 4. The minimum Gasteiger partial charge on any atom is -0.497 e. The van der Waals surface area contributed by atoms with E-state index in [0.29, 0.717) is 17.1 Å². The van der Waals surface area contributed by atoms with E-state index >= 15 is 0 Å². The highest BCUT2D eigenvalue weighted by Gasteiger charge is 2.43. The Bertz CT molecular complexity index is 5140. The molecule has 0 radical (unpaired) electrons. The van der Waals surface area contributed by atoms with E-state index < -0.39 is 77.9 Å². The van der Waals surface area contributed by atoms with Crippen LogP contribution < -0.4 is 47.9 Å². The molecule has 1 aliphatic heterocycles. The van der Waals surface area contributed by atoms with Gasteiger partial charge in [0.2, 0.25) is 0 Å². The molecule has 2 heterocycles. The summed E-state index contributed by atoms with van der Waals surface area (Å²) in [5.74, 6) is -1.74. The molecule has 3 unspecified atom stereocenters. The van der Waals surface area contributed by atoms with Gasteiger partial charge in [0.25, 0.3) is 5.91 Å². The zero-order valence-electron chi connectivity index (χ0n) is 62.6. The van der Waals surface area contributed by atoms with Gasteiger partial charge in [-0.1, -0.05) is 212 Å². The summed E-state index contributed by atoms with van der Waals surface area (Å²) in [5.41, 5.74) is 24.7. The van der Waals surface area contributed by atoms with E-state index in [4.69, 9.17) is 49.7 Å². The van der Waals surface area contributed by atoms with Crippen molar-refractivity contribution >= 4 is 54.4 Å². The molecule has 1 aromatic heterocycles. The summed E-state index contributed by atoms with van der Waals surface area (Å²) in [6.07, 6.45) is -3.24. The number of aliphatic carboxylic acids is 2. The van der Waals surface area contributed by atoms with E-state index in [1.165, 1.54) is 16.8 Å². The largest absolute Gasteiger partial charge is 0.497 e. The Morgan fingerprint density at radius 2 is 0.930 bits per heavy atom. The second-order valence-corrected chi connectivity index (χ2v) is 27.3. The highest BCUT2D eigenvalue weighted by Crippen LogP contribution is 2.48. The molecule has 0 bridgehead atoms. The first-order chi connectivity index (χ1) is 55.4. The van der Waals surface area contributed by atoms with Gasteiger partial charge in [-0.05, 0) is 131 Å². The average molecular weight is 1570 g/mol. The third-order valence-corrected chi connectivity index (χ3v) is 20.5. The van der Waals surface area contributed by atoms with Crippen LogP contribution in [-0.2, 0) is 45.4 Å². The molecular formula is C89H85ClN8O17. The third kappa shape index (κ3) is 18.5. The summed E-state index contributed by atoms with van der Waals surface area (Å²) >= 11 is 0. The number of aromatic nitrogens is 2. The van der Waals surface area contributed by atoms with E-state index in [0.717, 1.165) is 89.0 Å². The number of anilines is 1. The first-order valence-corrected chi connectivity index (χ1v) is 36.9. The Hall–Kier alpha value is -13.0. The van der Waals surface area contributed by atoms with E-state index in [1.807, 2.05) is 200 Å². The Morgan fingerprint density at radius 3 is 1.33 bits per heavy atom. The predicted molar refractivity (Wildman–Crippen MR) is 432 cm³/mol. The van der Waals surface area contributed by atoms with Crippen molar-refractivity contribution in [3.8, 4) is 44.9 Å². The lowest BCUT2D eigenvalue weighted by atomic mass is 9.80. The lowest BCUT2D eigenvalue weighted by Crippen LogP contribution is -2.48. The molecule has 10 aromatic carbocycles. The van der Waals surface area contributed by atoms with Crippen molar-refractivity contribution in [1.29, 1.82) is 0 Å². The monoisotopic (exact) mass is 1570 g/mol. The highest BCUT2D eigenvalue weighted by atomic mass is 35.5. The minimum atomic E-state index is -1.40. The molecule has 1 fully saturated rings. The Labute approximate surface area is 668 Å². The number of hydrogen-bond donors (Lipinski definition) is 9. The molecule has 26 heteroatoms. The summed E-state index contributed by atoms with van der Waals surface area (Å²) < 4.78 is 42.0. The van der Waals surface area contributed by atoms with Gasteiger partial charge >= 0.3 is 35.9 Å². The van der Waals surface area contributed by atoms with Crippen LogP contribution in [0, 0.1) is 0 Å². The van der Waals surface area contributed by atoms with E-state index in [1.54, 1.807) is 38.5 Å². The number of fused-ring (bicyclic) bond motifs is 9. The summed E-state index contributed by atoms with van der Waals surface area (Å²) in [7, 11) is 3.22. The SMILES string of the molecule is COc1ccc(C(OC[C@H]2O[C@@H](n3ccc(NC(=O)c4ccc(CNC(=O)OCC5c6ccccc6-c6ccccc65)cc4)nc3=O)CC2O)(c2ccccc2)c2ccc(OC)cc2)cc1.Cl.NCC(N)C(=O)O.O=C(NCC(NC(=O)OCC1c2ccccc2-c2ccccc21)C(=O)O)OCC1c2ccccc2-c2ccccc21. The first-order valence-electron chi connectivity index (χ1n) is 36.9. The normalized spacial score (nSPS) is 15.2. The molecule has 3 aliphatic carbocycles. The maximum atomic E-state index is 13.4. The number of aliphatic hydroxyl groups is 1. The van der Waals surface area contributed by atoms with Crippen molar-refractivity contribution in [2.24, 2.45) is 11.5 Å². The second-order valence-electron chi connectivity index (χ2n) is 27.3. The van der Waals surface area contributed by atoms with Crippen molar-refractivity contribution in [2.75, 3.05) is 59.1 Å². The zero-order chi connectivity index (χ0) is 79.8. The van der Waals surface area contributed by atoms with Crippen molar-refractivity contribution < 1.29 is 77.2 Å². The number of aliphatic hydroxyl groups excluding tert-OH is 1. The van der Waals surface area contributed by atoms with Crippen LogP contribution in [0.2, 0.25) is 0 Å². The Kier molecular flexibility index (Phi) is 26.6. The van der Waals surface area contributed by atoms with Crippen LogP contribution in [-0.4, -0.2) is 139 Å². The van der Waals surface area contributed by atoms with Crippen LogP contribution in [0.25, 0.3) is 33.4 Å². The molecular weight excluding hydrogens is 1490 g/mol. The van der Waals surface area contributed by atoms with Crippen LogP contribution in [0.5, 0.6) is 11.5 Å². The number of carbonyl (C=O) groups excluding carboxylic acids is 4. The highest BCUT2D eigenvalue weighted by molar-refractivity contribution is 6.03. The lowest BCUT2D eigenvalue weighted by molar-refractivity contribution is -0.139. The van der Waals surface area contributed by atoms with Crippen LogP contribution in [0.15, 0.2) is 266 Å². The third-order valence-electron chi connectivity index (χ3n) is 20.5. The molecule has 0 saturated carbocycles. The smallest absolute Gasteiger partial charge is 0.407 e. The number of nitrogens with one attached hydrogen (secondary N) is 4. The van der Waals surface area contributed by atoms with Crippen LogP contribution in [0.1, 0.15) is 96.4 Å². The summed E-state index contributed by atoms with van der Waals surface area (Å²) in [6, 6.07) is 79.1. The maximum absolute atomic E-state index is 13.4. The number of rotatable bonds is 25. The number of benzene rings is 10. The fourth-order valence-electron chi connectivity index (χ4n) is 14.7. The number of carbonyl (C=O) groups is 6. The number of carboxylic acid groups (broad SMARTS) is 2. The van der Waals surface area contributed by atoms with Gasteiger partial charge in [-0.3, -0.25) is 14.2 Å². The zero-order valence-corrected chi connectivity index (χ0v) is 63.4. The van der Waals surface area contributed by atoms with E-state index in [9.17, 15) is 43.8 Å². The minimum absolute atomic E-state index is 0. The second kappa shape index (κ2) is 37.5. The molecule has 115 heavy (non-hydrogen) atoms. The molecule has 25 nitrogen and oxygen atoms in total. The molecule has 0 spiro atoms. The molecule has 4 aliphatic rings. The van der Waals surface area contributed by atoms with Crippen molar-refractivity contribution in [3.63, 3.8) is 0 Å². The number of methoxy groups -OCH3 is 2. The summed E-state index contributed by atoms with van der Waals surface area (Å²) in [5, 5.41) is 39.2. The number of nitrogens with zero attached hydrogens (tertiary/aromatic N) is 2. The van der Waals surface area contributed by atoms with Gasteiger partial charge in [-0.25, -0.2) is 24.0 Å². The fraction of sp³-hybridized carbons (Fsp3) is 0.213. The number of nitrogens with two attached hydrogens (primary N) is 2. The van der Waals surface area contributed by atoms with Gasteiger partial charge < -0.3 is 81.2 Å². The van der Waals surface area contributed by atoms with Crippen LogP contribution in [0.3, 0.4) is 0 Å². The molecule has 11 N–H and O–H groups in total. The Morgan fingerprint density at radius 1 is 0.522 bits per heavy atom. The van der Waals surface area contributed by atoms with Crippen molar-refractivity contribution in [3.05, 3.63) is 333 Å². The van der Waals surface area contributed by atoms with Gasteiger partial charge in [0.1, 0.15) is 67.2 Å². The number of ether oxygens (including phenoxy) is 7. The average Bonchev–Trinajstić information content (AvgIpc) is 1.74. The number of hydrogen-bond acceptors (Lipinski definition) is 18. The quantitative estimate of drug-likeness (QED) is 0.0190. The van der Waals surface area contributed by atoms with Gasteiger partial charge in [0.15, 0.2) is 0 Å². The number of halogens is 1. The van der Waals surface area contributed by atoms with Crippen molar-refractivity contribution in [1.82, 2.24) is 25.5 Å². The number of carboxylic acids is 2. The molecule has 590 valence electrons. The molecule has 5 atom stereocenters. The Balaban J connectivity index is 0.000000212. The molecule has 11 aromatic rings. The van der Waals surface area contributed by atoms with Crippen LogP contribution >= 0.6 is 12.4 Å². The fourth-order valence-corrected chi connectivity index (χ4v) is 14.7. The summed E-state index contributed by atoms with van der Waals surface area (Å²) in [6.45, 7) is 0.138. The van der Waals surface area contributed by atoms with E-state index in [2.05, 4.69) is 50.5 Å². The van der Waals surface area contributed by atoms with Gasteiger partial charge in [0.05, 0.1) is 33.5 Å². The standard InChI is InChI=1S/C53H48N4O9.C33H28N2O6.C3H8N2O2.ClH/c1-62-39-24-20-37(21-25-39)53(36-10-4-3-5-11-36,38-22-26-40(63-2)27-23-38)65-33-47-46(58)30-49(66-47)57-29-28-48(56-51(57)60)55-50(59)35-18-16-34(17-19-35)31-54-52(61)64-32-45-43-14-8-6-12-41(43)42-13-7-9-15-44(42)45;36-31(37)30(35-33(39)41-19-29-26-15-7-3-11-22(26)23-12-4-8-16-27(23)29)17-34-32(38)40-18-28-24-13-5-1-9-20(24)21-10-2-6-14-25(21)28;4-1-2(5)3(6)7;/h3-29,45-47,49,58H,30-33H2,1-2H3,(H,54,61)(H,55,56,59,60);1-16,28-30H,17-19H2,(H,34,38)(H,35,39)(H,36,37);2H,1,4-5H2,(H,6,7);1H/t46?,47-,49-;;;/m1.../s1. The van der Waals surface area contributed by atoms with Gasteiger partial charge in [-0.2, -0.15) is 4.98 Å². The van der Waals surface area contributed by atoms with E-state index in [-0.39, 0.29) is 88.5 Å². The summed E-state index contributed by atoms with van der Waals surface area (Å²) in [4.78, 5) is 90.0. The van der Waals surface area contributed by atoms with Crippen LogP contribution in [0.4, 0.5) is 20.2 Å². The van der Waals surface area contributed by atoms with Gasteiger partial charge in [-0.15, -0.1) is 12.4 Å². The molecule has 15 rings (SSSR count). The molecule has 4 amide bonds. The van der Waals surface area contributed by atoms with Gasteiger partial charge in [0, 0.05) is 49.0 Å².